The monoisotopic (exact) mass is 344 g/mol. The molecule has 6 heteroatoms. The predicted octanol–water partition coefficient (Wildman–Crippen LogP) is 4.06. The van der Waals surface area contributed by atoms with Gasteiger partial charge < -0.3 is 4.90 Å². The Morgan fingerprint density at radius 1 is 1.29 bits per heavy atom. The minimum atomic E-state index is -0.422. The Hall–Kier alpha value is -2.21. The van der Waals surface area contributed by atoms with Crippen LogP contribution in [0.25, 0.3) is 0 Å². The van der Waals surface area contributed by atoms with Crippen molar-refractivity contribution in [3.63, 3.8) is 0 Å². The highest BCUT2D eigenvalue weighted by Gasteiger charge is 2.27. The molecule has 0 saturated carbocycles. The van der Waals surface area contributed by atoms with E-state index in [1.807, 2.05) is 11.0 Å². The van der Waals surface area contributed by atoms with E-state index in [1.165, 1.54) is 23.0 Å². The smallest absolute Gasteiger partial charge is 0.283 e. The molecule has 0 aliphatic carbocycles. The summed E-state index contributed by atoms with van der Waals surface area (Å²) in [7, 11) is 0. The largest absolute Gasteiger partial charge is 0.338 e. The SMILES string of the molecule is Cc1sc(C(=O)N2CCC(Cc3ccccc3)CC2)cc1[N+](=O)[O-]. The Morgan fingerprint density at radius 2 is 1.96 bits per heavy atom. The number of hydrogen-bond donors (Lipinski definition) is 0. The summed E-state index contributed by atoms with van der Waals surface area (Å²) in [6, 6.07) is 11.8. The fourth-order valence-electron chi connectivity index (χ4n) is 3.20. The van der Waals surface area contributed by atoms with Gasteiger partial charge in [-0.3, -0.25) is 14.9 Å². The molecule has 2 heterocycles. The average Bonchev–Trinajstić information content (AvgIpc) is 2.98. The second kappa shape index (κ2) is 7.13. The van der Waals surface area contributed by atoms with E-state index in [9.17, 15) is 14.9 Å². The standard InChI is InChI=1S/C18H20N2O3S/c1-13-16(20(22)23)12-17(24-13)18(21)19-9-7-15(8-10-19)11-14-5-3-2-4-6-14/h2-6,12,15H,7-11H2,1H3. The molecule has 0 atom stereocenters. The van der Waals surface area contributed by atoms with Crippen LogP contribution in [0.4, 0.5) is 5.69 Å². The van der Waals surface area contributed by atoms with Crippen LogP contribution in [0.5, 0.6) is 0 Å². The molecule has 1 fully saturated rings. The number of benzene rings is 1. The maximum atomic E-state index is 12.6. The van der Waals surface area contributed by atoms with Crippen LogP contribution in [0.2, 0.25) is 0 Å². The lowest BCUT2D eigenvalue weighted by molar-refractivity contribution is -0.385. The van der Waals surface area contributed by atoms with E-state index in [0.29, 0.717) is 15.7 Å². The number of carbonyl (C=O) groups is 1. The molecule has 0 bridgehead atoms. The molecule has 1 saturated heterocycles. The number of aryl methyl sites for hydroxylation is 1. The van der Waals surface area contributed by atoms with Gasteiger partial charge in [0.2, 0.25) is 0 Å². The van der Waals surface area contributed by atoms with Crippen LogP contribution in [0, 0.1) is 23.0 Å². The Morgan fingerprint density at radius 3 is 2.54 bits per heavy atom. The molecule has 2 aromatic rings. The molecule has 126 valence electrons. The first-order valence-corrected chi connectivity index (χ1v) is 8.94. The van der Waals surface area contributed by atoms with Gasteiger partial charge in [0, 0.05) is 19.2 Å². The second-order valence-corrected chi connectivity index (χ2v) is 7.49. The van der Waals surface area contributed by atoms with Gasteiger partial charge in [-0.1, -0.05) is 30.3 Å². The number of amides is 1. The van der Waals surface area contributed by atoms with Crippen molar-refractivity contribution < 1.29 is 9.72 Å². The van der Waals surface area contributed by atoms with Crippen LogP contribution in [0.3, 0.4) is 0 Å². The van der Waals surface area contributed by atoms with E-state index in [2.05, 4.69) is 24.3 Å². The second-order valence-electron chi connectivity index (χ2n) is 6.23. The number of nitro groups is 1. The van der Waals surface area contributed by atoms with E-state index in [0.717, 1.165) is 32.4 Å². The highest BCUT2D eigenvalue weighted by molar-refractivity contribution is 7.14. The number of nitrogens with zero attached hydrogens (tertiary/aromatic N) is 2. The number of hydrogen-bond acceptors (Lipinski definition) is 4. The average molecular weight is 344 g/mol. The van der Waals surface area contributed by atoms with Crippen molar-refractivity contribution in [1.29, 1.82) is 0 Å². The molecule has 24 heavy (non-hydrogen) atoms. The van der Waals surface area contributed by atoms with Crippen LogP contribution in [0.1, 0.15) is 33.0 Å². The van der Waals surface area contributed by atoms with E-state index in [-0.39, 0.29) is 11.6 Å². The number of carbonyl (C=O) groups excluding carboxylic acids is 1. The fraction of sp³-hybridized carbons (Fsp3) is 0.389. The van der Waals surface area contributed by atoms with Gasteiger partial charge in [-0.2, -0.15) is 0 Å². The van der Waals surface area contributed by atoms with Gasteiger partial charge in [0.15, 0.2) is 0 Å². The van der Waals surface area contributed by atoms with E-state index >= 15 is 0 Å². The van der Waals surface area contributed by atoms with Gasteiger partial charge >= 0.3 is 0 Å². The minimum Gasteiger partial charge on any atom is -0.338 e. The summed E-state index contributed by atoms with van der Waals surface area (Å²) in [6.45, 7) is 3.13. The lowest BCUT2D eigenvalue weighted by atomic mass is 9.90. The summed E-state index contributed by atoms with van der Waals surface area (Å²) < 4.78 is 0. The summed E-state index contributed by atoms with van der Waals surface area (Å²) in [5, 5.41) is 10.9. The highest BCUT2D eigenvalue weighted by atomic mass is 32.1. The van der Waals surface area contributed by atoms with Crippen molar-refractivity contribution in [3.05, 3.63) is 61.8 Å². The highest BCUT2D eigenvalue weighted by Crippen LogP contribution is 2.30. The molecule has 0 unspecified atom stereocenters. The van der Waals surface area contributed by atoms with Crippen molar-refractivity contribution in [3.8, 4) is 0 Å². The van der Waals surface area contributed by atoms with Gasteiger partial charge in [-0.05, 0) is 37.7 Å². The van der Waals surface area contributed by atoms with Crippen molar-refractivity contribution >= 4 is 22.9 Å². The molecule has 3 rings (SSSR count). The number of rotatable bonds is 4. The van der Waals surface area contributed by atoms with Gasteiger partial charge in [-0.15, -0.1) is 11.3 Å². The topological polar surface area (TPSA) is 63.5 Å². The predicted molar refractivity (Wildman–Crippen MR) is 94.5 cm³/mol. The molecule has 1 aliphatic heterocycles. The zero-order valence-electron chi connectivity index (χ0n) is 13.6. The maximum Gasteiger partial charge on any atom is 0.283 e. The van der Waals surface area contributed by atoms with E-state index < -0.39 is 4.92 Å². The summed E-state index contributed by atoms with van der Waals surface area (Å²) in [5.41, 5.74) is 1.38. The third-order valence-electron chi connectivity index (χ3n) is 4.57. The van der Waals surface area contributed by atoms with Crippen LogP contribution in [-0.4, -0.2) is 28.8 Å². The normalized spacial score (nSPS) is 15.5. The summed E-state index contributed by atoms with van der Waals surface area (Å²) in [5.74, 6) is 0.519. The van der Waals surface area contributed by atoms with Crippen LogP contribution >= 0.6 is 11.3 Å². The molecule has 0 spiro atoms. The summed E-state index contributed by atoms with van der Waals surface area (Å²) in [4.78, 5) is 26.0. The van der Waals surface area contributed by atoms with E-state index in [1.54, 1.807) is 6.92 Å². The quantitative estimate of drug-likeness (QED) is 0.620. The lowest BCUT2D eigenvalue weighted by Crippen LogP contribution is -2.38. The number of thiophene rings is 1. The lowest BCUT2D eigenvalue weighted by Gasteiger charge is -2.31. The molecular formula is C18H20N2O3S. The van der Waals surface area contributed by atoms with Gasteiger partial charge in [0.1, 0.15) is 0 Å². The first kappa shape index (κ1) is 16.6. The van der Waals surface area contributed by atoms with Gasteiger partial charge in [-0.25, -0.2) is 0 Å². The molecule has 0 N–H and O–H groups in total. The number of likely N-dealkylation sites (tertiary alicyclic amines) is 1. The summed E-state index contributed by atoms with van der Waals surface area (Å²) >= 11 is 1.21. The molecule has 1 amide bonds. The Labute approximate surface area is 145 Å². The van der Waals surface area contributed by atoms with Crippen molar-refractivity contribution in [2.75, 3.05) is 13.1 Å². The van der Waals surface area contributed by atoms with Crippen molar-refractivity contribution in [2.45, 2.75) is 26.2 Å². The molecule has 1 aliphatic rings. The molecule has 1 aromatic heterocycles. The van der Waals surface area contributed by atoms with Crippen LogP contribution in [-0.2, 0) is 6.42 Å². The molecular weight excluding hydrogens is 324 g/mol. The molecule has 0 radical (unpaired) electrons. The van der Waals surface area contributed by atoms with E-state index in [4.69, 9.17) is 0 Å². The van der Waals surface area contributed by atoms with Crippen LogP contribution < -0.4 is 0 Å². The van der Waals surface area contributed by atoms with Crippen molar-refractivity contribution in [2.24, 2.45) is 5.92 Å². The van der Waals surface area contributed by atoms with Crippen molar-refractivity contribution in [1.82, 2.24) is 4.90 Å². The third-order valence-corrected chi connectivity index (χ3v) is 5.60. The third kappa shape index (κ3) is 3.64. The van der Waals surface area contributed by atoms with Gasteiger partial charge in [0.05, 0.1) is 14.7 Å². The summed E-state index contributed by atoms with van der Waals surface area (Å²) in [6.07, 6.45) is 3.01. The zero-order chi connectivity index (χ0) is 17.1. The Bertz CT molecular complexity index is 734. The fourth-order valence-corrected chi connectivity index (χ4v) is 4.16. The molecule has 5 nitrogen and oxygen atoms in total. The Balaban J connectivity index is 1.59. The Kier molecular flexibility index (Phi) is 4.94. The maximum absolute atomic E-state index is 12.6. The van der Waals surface area contributed by atoms with Crippen LogP contribution in [0.15, 0.2) is 36.4 Å². The minimum absolute atomic E-state index is 0.0438. The first-order chi connectivity index (χ1) is 11.5. The zero-order valence-corrected chi connectivity index (χ0v) is 14.4. The number of piperidine rings is 1. The first-order valence-electron chi connectivity index (χ1n) is 8.12. The van der Waals surface area contributed by atoms with Gasteiger partial charge in [0.25, 0.3) is 11.6 Å². The molecule has 1 aromatic carbocycles.